The van der Waals surface area contributed by atoms with Crippen LogP contribution in [0.1, 0.15) is 23.6 Å². The van der Waals surface area contributed by atoms with Crippen LogP contribution in [0.25, 0.3) is 0 Å². The van der Waals surface area contributed by atoms with Crippen molar-refractivity contribution in [3.05, 3.63) is 54.0 Å². The summed E-state index contributed by atoms with van der Waals surface area (Å²) in [5.74, 6) is 2.20. The van der Waals surface area contributed by atoms with Crippen LogP contribution in [0, 0.1) is 0 Å². The van der Waals surface area contributed by atoms with E-state index in [0.29, 0.717) is 24.3 Å². The monoisotopic (exact) mass is 422 g/mol. The van der Waals surface area contributed by atoms with Gasteiger partial charge in [0.05, 0.1) is 23.5 Å². The van der Waals surface area contributed by atoms with Gasteiger partial charge in [-0.05, 0) is 30.2 Å². The van der Waals surface area contributed by atoms with E-state index in [1.807, 2.05) is 17.8 Å². The molecule has 0 saturated carbocycles. The SMILES string of the molecule is CS(=O)(=O)c1ccc(CCC(=O)NC[C@H](c2ccoc2)N2CCSCC2)cc1. The van der Waals surface area contributed by atoms with Crippen LogP contribution >= 0.6 is 11.8 Å². The van der Waals surface area contributed by atoms with Gasteiger partial charge in [0.15, 0.2) is 9.84 Å². The highest BCUT2D eigenvalue weighted by Crippen LogP contribution is 2.24. The molecule has 3 rings (SSSR count). The Morgan fingerprint density at radius 2 is 1.93 bits per heavy atom. The van der Waals surface area contributed by atoms with Gasteiger partial charge in [0.25, 0.3) is 0 Å². The van der Waals surface area contributed by atoms with Crippen LogP contribution in [0.5, 0.6) is 0 Å². The van der Waals surface area contributed by atoms with Crippen molar-refractivity contribution in [2.75, 3.05) is 37.4 Å². The maximum absolute atomic E-state index is 12.3. The van der Waals surface area contributed by atoms with Crippen molar-refractivity contribution in [2.45, 2.75) is 23.8 Å². The highest BCUT2D eigenvalue weighted by atomic mass is 32.2. The van der Waals surface area contributed by atoms with Gasteiger partial charge in [-0.25, -0.2) is 8.42 Å². The van der Waals surface area contributed by atoms with Crippen molar-refractivity contribution in [1.29, 1.82) is 0 Å². The van der Waals surface area contributed by atoms with Gasteiger partial charge < -0.3 is 9.73 Å². The number of aryl methyl sites for hydroxylation is 1. The average molecular weight is 423 g/mol. The molecule has 1 aliphatic rings. The largest absolute Gasteiger partial charge is 0.472 e. The number of sulfone groups is 1. The molecular formula is C20H26N2O4S2. The van der Waals surface area contributed by atoms with Crippen molar-refractivity contribution in [1.82, 2.24) is 10.2 Å². The maximum atomic E-state index is 12.3. The van der Waals surface area contributed by atoms with Crippen LogP contribution in [0.3, 0.4) is 0 Å². The topological polar surface area (TPSA) is 79.6 Å². The fourth-order valence-corrected chi connectivity index (χ4v) is 4.83. The van der Waals surface area contributed by atoms with Crippen LogP contribution in [-0.2, 0) is 21.1 Å². The van der Waals surface area contributed by atoms with Gasteiger partial charge >= 0.3 is 0 Å². The molecule has 1 saturated heterocycles. The molecule has 1 amide bonds. The predicted molar refractivity (Wildman–Crippen MR) is 111 cm³/mol. The second-order valence-electron chi connectivity index (χ2n) is 6.94. The van der Waals surface area contributed by atoms with Crippen LogP contribution in [0.15, 0.2) is 52.2 Å². The number of hydrogen-bond acceptors (Lipinski definition) is 6. The molecule has 0 aliphatic carbocycles. The van der Waals surface area contributed by atoms with Crippen LogP contribution in [-0.4, -0.2) is 56.6 Å². The van der Waals surface area contributed by atoms with Crippen molar-refractivity contribution in [3.8, 4) is 0 Å². The minimum absolute atomic E-state index is 0.00734. The Hall–Kier alpha value is -1.77. The molecule has 1 aromatic heterocycles. The third-order valence-electron chi connectivity index (χ3n) is 4.90. The van der Waals surface area contributed by atoms with Crippen molar-refractivity contribution < 1.29 is 17.6 Å². The molecule has 6 nitrogen and oxygen atoms in total. The number of furan rings is 1. The Morgan fingerprint density at radius 3 is 2.54 bits per heavy atom. The summed E-state index contributed by atoms with van der Waals surface area (Å²) in [5, 5.41) is 3.05. The molecule has 0 unspecified atom stereocenters. The van der Waals surface area contributed by atoms with Gasteiger partial charge in [-0.3, -0.25) is 9.69 Å². The fourth-order valence-electron chi connectivity index (χ4n) is 3.27. The van der Waals surface area contributed by atoms with Gasteiger partial charge in [-0.15, -0.1) is 0 Å². The number of hydrogen-bond donors (Lipinski definition) is 1. The molecule has 0 spiro atoms. The Balaban J connectivity index is 1.52. The smallest absolute Gasteiger partial charge is 0.220 e. The summed E-state index contributed by atoms with van der Waals surface area (Å²) in [6.45, 7) is 2.56. The molecule has 1 aliphatic heterocycles. The highest BCUT2D eigenvalue weighted by Gasteiger charge is 2.23. The standard InChI is InChI=1S/C20H26N2O4S2/c1-28(24,25)18-5-2-16(3-6-18)4-7-20(23)21-14-19(17-8-11-26-15-17)22-9-12-27-13-10-22/h2-3,5-6,8,11,15,19H,4,7,9-10,12-14H2,1H3,(H,21,23)/t19-/m1/s1. The second-order valence-corrected chi connectivity index (χ2v) is 10.2. The number of rotatable bonds is 8. The molecule has 0 bridgehead atoms. The number of carbonyl (C=O) groups is 1. The first-order valence-electron chi connectivity index (χ1n) is 9.33. The lowest BCUT2D eigenvalue weighted by Gasteiger charge is -2.34. The number of thioether (sulfide) groups is 1. The zero-order valence-electron chi connectivity index (χ0n) is 16.0. The number of carbonyl (C=O) groups excluding carboxylic acids is 1. The van der Waals surface area contributed by atoms with Crippen molar-refractivity contribution >= 4 is 27.5 Å². The molecule has 152 valence electrons. The molecule has 2 aromatic rings. The van der Waals surface area contributed by atoms with Crippen molar-refractivity contribution in [2.24, 2.45) is 0 Å². The maximum Gasteiger partial charge on any atom is 0.220 e. The first-order chi connectivity index (χ1) is 13.4. The number of amides is 1. The van der Waals surface area contributed by atoms with Gasteiger partial charge in [0.2, 0.25) is 5.91 Å². The second kappa shape index (κ2) is 9.62. The van der Waals surface area contributed by atoms with E-state index in [-0.39, 0.29) is 11.9 Å². The van der Waals surface area contributed by atoms with Gasteiger partial charge in [-0.2, -0.15) is 11.8 Å². The lowest BCUT2D eigenvalue weighted by atomic mass is 10.1. The highest BCUT2D eigenvalue weighted by molar-refractivity contribution is 7.99. The molecule has 1 atom stereocenters. The summed E-state index contributed by atoms with van der Waals surface area (Å²) in [5.41, 5.74) is 2.03. The lowest BCUT2D eigenvalue weighted by Crippen LogP contribution is -2.42. The zero-order chi connectivity index (χ0) is 20.0. The van der Waals surface area contributed by atoms with Gasteiger partial charge in [0.1, 0.15) is 0 Å². The van der Waals surface area contributed by atoms with Gasteiger partial charge in [0, 0.05) is 49.4 Å². The fraction of sp³-hybridized carbons (Fsp3) is 0.450. The molecule has 1 N–H and O–H groups in total. The first kappa shape index (κ1) is 21.0. The summed E-state index contributed by atoms with van der Waals surface area (Å²) < 4.78 is 28.3. The van der Waals surface area contributed by atoms with E-state index >= 15 is 0 Å². The third kappa shape index (κ3) is 5.86. The Morgan fingerprint density at radius 1 is 1.21 bits per heavy atom. The molecule has 1 aromatic carbocycles. The summed E-state index contributed by atoms with van der Waals surface area (Å²) >= 11 is 1.96. The zero-order valence-corrected chi connectivity index (χ0v) is 17.6. The molecule has 2 heterocycles. The van der Waals surface area contributed by atoms with Gasteiger partial charge in [-0.1, -0.05) is 12.1 Å². The average Bonchev–Trinajstić information content (AvgIpc) is 3.21. The van der Waals surface area contributed by atoms with E-state index in [9.17, 15) is 13.2 Å². The first-order valence-corrected chi connectivity index (χ1v) is 12.4. The van der Waals surface area contributed by atoms with Crippen LogP contribution in [0.2, 0.25) is 0 Å². The van der Waals surface area contributed by atoms with E-state index < -0.39 is 9.84 Å². The Kier molecular flexibility index (Phi) is 7.20. The molecule has 8 heteroatoms. The lowest BCUT2D eigenvalue weighted by molar-refractivity contribution is -0.121. The molecule has 0 radical (unpaired) electrons. The van der Waals surface area contributed by atoms with Crippen LogP contribution < -0.4 is 5.32 Å². The summed E-state index contributed by atoms with van der Waals surface area (Å²) in [7, 11) is -3.19. The molecular weight excluding hydrogens is 396 g/mol. The molecule has 1 fully saturated rings. The minimum Gasteiger partial charge on any atom is -0.472 e. The summed E-state index contributed by atoms with van der Waals surface area (Å²) in [4.78, 5) is 15.0. The number of nitrogens with zero attached hydrogens (tertiary/aromatic N) is 1. The third-order valence-corrected chi connectivity index (χ3v) is 6.97. The Labute approximate surface area is 170 Å². The van der Waals surface area contributed by atoms with E-state index in [1.54, 1.807) is 36.8 Å². The van der Waals surface area contributed by atoms with E-state index in [2.05, 4.69) is 10.2 Å². The van der Waals surface area contributed by atoms with Crippen molar-refractivity contribution in [3.63, 3.8) is 0 Å². The van der Waals surface area contributed by atoms with Crippen LogP contribution in [0.4, 0.5) is 0 Å². The predicted octanol–water partition coefficient (Wildman–Crippen LogP) is 2.52. The van der Waals surface area contributed by atoms with E-state index in [1.165, 1.54) is 6.26 Å². The summed E-state index contributed by atoms with van der Waals surface area (Å²) in [6, 6.07) is 8.80. The van der Waals surface area contributed by atoms with E-state index in [4.69, 9.17) is 4.42 Å². The molecule has 28 heavy (non-hydrogen) atoms. The number of nitrogens with one attached hydrogen (secondary N) is 1. The summed E-state index contributed by atoms with van der Waals surface area (Å²) in [6.07, 6.45) is 5.55. The van der Waals surface area contributed by atoms with E-state index in [0.717, 1.165) is 35.7 Å². The Bertz CT molecular complexity index is 858. The minimum atomic E-state index is -3.19. The quantitative estimate of drug-likeness (QED) is 0.704. The normalized spacial score (nSPS) is 16.6. The number of benzene rings is 1.